The van der Waals surface area contributed by atoms with E-state index >= 15 is 0 Å². The van der Waals surface area contributed by atoms with Crippen molar-refractivity contribution in [1.29, 1.82) is 0 Å². The molecule has 0 heterocycles. The maximum atomic E-state index is 13.3. The topological polar surface area (TPSA) is 47.3 Å². The molecule has 4 heteroatoms. The Morgan fingerprint density at radius 3 is 2.44 bits per heavy atom. The van der Waals surface area contributed by atoms with Crippen molar-refractivity contribution in [2.75, 3.05) is 18.2 Å². The summed E-state index contributed by atoms with van der Waals surface area (Å²) in [6, 6.07) is 10.3. The Bertz CT molecular complexity index is 570. The van der Waals surface area contributed by atoms with Gasteiger partial charge >= 0.3 is 0 Å². The molecule has 0 unspecified atom stereocenters. The maximum absolute atomic E-state index is 13.3. The van der Waals surface area contributed by atoms with Gasteiger partial charge in [0.15, 0.2) is 11.6 Å². The van der Waals surface area contributed by atoms with Gasteiger partial charge in [0, 0.05) is 23.1 Å². The molecular weight excluding hydrogens is 231 g/mol. The van der Waals surface area contributed by atoms with Crippen LogP contribution in [0.4, 0.5) is 21.5 Å². The van der Waals surface area contributed by atoms with Crippen LogP contribution < -0.4 is 15.8 Å². The van der Waals surface area contributed by atoms with Crippen molar-refractivity contribution >= 4 is 17.1 Å². The Balaban J connectivity index is 2.25. The molecular formula is C14H15FN2O. The predicted molar refractivity (Wildman–Crippen MR) is 71.8 cm³/mol. The Kier molecular flexibility index (Phi) is 3.37. The van der Waals surface area contributed by atoms with Crippen LogP contribution in [0.25, 0.3) is 0 Å². The van der Waals surface area contributed by atoms with E-state index in [1.165, 1.54) is 13.2 Å². The SMILES string of the molecule is COc1cc(Nc2ccc(C)c(N)c2)ccc1F. The van der Waals surface area contributed by atoms with Gasteiger partial charge in [-0.05, 0) is 36.8 Å². The van der Waals surface area contributed by atoms with E-state index in [1.807, 2.05) is 25.1 Å². The van der Waals surface area contributed by atoms with Crippen molar-refractivity contribution in [3.05, 3.63) is 47.8 Å². The first-order valence-corrected chi connectivity index (χ1v) is 5.57. The quantitative estimate of drug-likeness (QED) is 0.815. The van der Waals surface area contributed by atoms with Gasteiger partial charge < -0.3 is 15.8 Å². The molecule has 0 aliphatic heterocycles. The number of halogens is 1. The van der Waals surface area contributed by atoms with E-state index in [1.54, 1.807) is 12.1 Å². The second-order valence-electron chi connectivity index (χ2n) is 4.05. The lowest BCUT2D eigenvalue weighted by Gasteiger charge is -2.10. The summed E-state index contributed by atoms with van der Waals surface area (Å²) in [6.45, 7) is 1.94. The highest BCUT2D eigenvalue weighted by Gasteiger charge is 2.04. The molecule has 18 heavy (non-hydrogen) atoms. The third-order valence-electron chi connectivity index (χ3n) is 2.72. The minimum Gasteiger partial charge on any atom is -0.494 e. The number of nitrogen functional groups attached to an aromatic ring is 1. The molecule has 0 aliphatic rings. The highest BCUT2D eigenvalue weighted by Crippen LogP contribution is 2.25. The zero-order chi connectivity index (χ0) is 13.1. The summed E-state index contributed by atoms with van der Waals surface area (Å²) in [6.07, 6.45) is 0. The molecule has 3 nitrogen and oxygen atoms in total. The van der Waals surface area contributed by atoms with Crippen molar-refractivity contribution in [3.63, 3.8) is 0 Å². The molecule has 94 valence electrons. The van der Waals surface area contributed by atoms with Crippen molar-refractivity contribution in [3.8, 4) is 5.75 Å². The third kappa shape index (κ3) is 2.53. The Morgan fingerprint density at radius 2 is 1.78 bits per heavy atom. The van der Waals surface area contributed by atoms with E-state index in [2.05, 4.69) is 5.32 Å². The number of benzene rings is 2. The maximum Gasteiger partial charge on any atom is 0.165 e. The lowest BCUT2D eigenvalue weighted by molar-refractivity contribution is 0.387. The van der Waals surface area contributed by atoms with Crippen molar-refractivity contribution in [2.45, 2.75) is 6.92 Å². The lowest BCUT2D eigenvalue weighted by atomic mass is 10.2. The van der Waals surface area contributed by atoms with Crippen LogP contribution >= 0.6 is 0 Å². The number of rotatable bonds is 3. The first-order chi connectivity index (χ1) is 8.60. The summed E-state index contributed by atoms with van der Waals surface area (Å²) < 4.78 is 18.2. The van der Waals surface area contributed by atoms with Gasteiger partial charge in [-0.25, -0.2) is 4.39 Å². The summed E-state index contributed by atoms with van der Waals surface area (Å²) in [5.74, 6) is -0.174. The first-order valence-electron chi connectivity index (χ1n) is 5.57. The molecule has 0 atom stereocenters. The van der Waals surface area contributed by atoms with E-state index in [0.29, 0.717) is 5.69 Å². The number of nitrogens with two attached hydrogens (primary N) is 1. The normalized spacial score (nSPS) is 10.2. The minimum atomic E-state index is -0.383. The standard InChI is InChI=1S/C14H15FN2O/c1-9-3-4-10(7-13(9)16)17-11-5-6-12(15)14(8-11)18-2/h3-8,17H,16H2,1-2H3. The molecule has 3 N–H and O–H groups in total. The van der Waals surface area contributed by atoms with Crippen LogP contribution in [-0.4, -0.2) is 7.11 Å². The van der Waals surface area contributed by atoms with Crippen molar-refractivity contribution in [1.82, 2.24) is 0 Å². The fourth-order valence-electron chi connectivity index (χ4n) is 1.62. The van der Waals surface area contributed by atoms with Gasteiger partial charge in [0.05, 0.1) is 7.11 Å². The average Bonchev–Trinajstić information content (AvgIpc) is 2.36. The molecule has 0 fully saturated rings. The number of nitrogens with one attached hydrogen (secondary N) is 1. The fraction of sp³-hybridized carbons (Fsp3) is 0.143. The van der Waals surface area contributed by atoms with Crippen molar-refractivity contribution < 1.29 is 9.13 Å². The smallest absolute Gasteiger partial charge is 0.165 e. The molecule has 0 saturated carbocycles. The minimum absolute atomic E-state index is 0.208. The number of hydrogen-bond donors (Lipinski definition) is 2. The highest BCUT2D eigenvalue weighted by atomic mass is 19.1. The Hall–Kier alpha value is -2.23. The predicted octanol–water partition coefficient (Wildman–Crippen LogP) is 3.47. The van der Waals surface area contributed by atoms with E-state index in [0.717, 1.165) is 16.9 Å². The van der Waals surface area contributed by atoms with Crippen LogP contribution in [0.5, 0.6) is 5.75 Å². The summed E-state index contributed by atoms with van der Waals surface area (Å²) in [5.41, 5.74) is 9.17. The number of aryl methyl sites for hydroxylation is 1. The van der Waals surface area contributed by atoms with Gasteiger partial charge in [-0.2, -0.15) is 0 Å². The number of ether oxygens (including phenoxy) is 1. The number of hydrogen-bond acceptors (Lipinski definition) is 3. The van der Waals surface area contributed by atoms with E-state index in [-0.39, 0.29) is 11.6 Å². The highest BCUT2D eigenvalue weighted by molar-refractivity contribution is 5.66. The largest absolute Gasteiger partial charge is 0.494 e. The second-order valence-corrected chi connectivity index (χ2v) is 4.05. The monoisotopic (exact) mass is 246 g/mol. The van der Waals surface area contributed by atoms with Crippen LogP contribution in [0.2, 0.25) is 0 Å². The first kappa shape index (κ1) is 12.2. The van der Waals surface area contributed by atoms with Crippen LogP contribution in [0.1, 0.15) is 5.56 Å². The fourth-order valence-corrected chi connectivity index (χ4v) is 1.62. The summed E-state index contributed by atoms with van der Waals surface area (Å²) in [4.78, 5) is 0. The third-order valence-corrected chi connectivity index (χ3v) is 2.72. The summed E-state index contributed by atoms with van der Waals surface area (Å²) in [7, 11) is 1.44. The van der Waals surface area contributed by atoms with Gasteiger partial charge in [0.2, 0.25) is 0 Å². The lowest BCUT2D eigenvalue weighted by Crippen LogP contribution is -1.95. The Morgan fingerprint density at radius 1 is 1.11 bits per heavy atom. The van der Waals surface area contributed by atoms with Crippen LogP contribution in [0.15, 0.2) is 36.4 Å². The van der Waals surface area contributed by atoms with Gasteiger partial charge in [0.25, 0.3) is 0 Å². The number of methoxy groups -OCH3 is 1. The molecule has 0 saturated heterocycles. The number of anilines is 3. The van der Waals surface area contributed by atoms with Crippen LogP contribution in [0.3, 0.4) is 0 Å². The molecule has 0 amide bonds. The zero-order valence-electron chi connectivity index (χ0n) is 10.3. The Labute approximate surface area is 105 Å². The molecule has 0 bridgehead atoms. The molecule has 0 aliphatic carbocycles. The van der Waals surface area contributed by atoms with Gasteiger partial charge in [0.1, 0.15) is 0 Å². The van der Waals surface area contributed by atoms with Crippen LogP contribution in [-0.2, 0) is 0 Å². The molecule has 2 aromatic rings. The molecule has 0 radical (unpaired) electrons. The zero-order valence-corrected chi connectivity index (χ0v) is 10.3. The van der Waals surface area contributed by atoms with Crippen molar-refractivity contribution in [2.24, 2.45) is 0 Å². The van der Waals surface area contributed by atoms with E-state index < -0.39 is 0 Å². The molecule has 2 aromatic carbocycles. The molecule has 0 aromatic heterocycles. The molecule has 2 rings (SSSR count). The van der Waals surface area contributed by atoms with Gasteiger partial charge in [-0.3, -0.25) is 0 Å². The summed E-state index contributed by atoms with van der Waals surface area (Å²) in [5, 5.41) is 3.15. The molecule has 0 spiro atoms. The van der Waals surface area contributed by atoms with Gasteiger partial charge in [-0.15, -0.1) is 0 Å². The average molecular weight is 246 g/mol. The van der Waals surface area contributed by atoms with Crippen LogP contribution in [0, 0.1) is 12.7 Å². The second kappa shape index (κ2) is 4.96. The van der Waals surface area contributed by atoms with Gasteiger partial charge in [-0.1, -0.05) is 6.07 Å². The van der Waals surface area contributed by atoms with E-state index in [4.69, 9.17) is 10.5 Å². The van der Waals surface area contributed by atoms with E-state index in [9.17, 15) is 4.39 Å². The summed E-state index contributed by atoms with van der Waals surface area (Å²) >= 11 is 0.